The highest BCUT2D eigenvalue weighted by Crippen LogP contribution is 2.47. The Morgan fingerprint density at radius 1 is 1.26 bits per heavy atom. The minimum Gasteiger partial charge on any atom is -0.350 e. The summed E-state index contributed by atoms with van der Waals surface area (Å²) in [5.41, 5.74) is 2.73. The maximum Gasteiger partial charge on any atom is 0.224 e. The molecule has 3 aromatic rings. The largest absolute Gasteiger partial charge is 0.350 e. The molecule has 1 saturated carbocycles. The molecule has 1 aromatic carbocycles. The number of hydrogen-bond donors (Lipinski definition) is 1. The van der Waals surface area contributed by atoms with E-state index in [2.05, 4.69) is 10.3 Å². The number of amides is 1. The topological polar surface area (TPSA) is 46.4 Å². The number of rotatable bonds is 4. The minimum atomic E-state index is -0.248. The van der Waals surface area contributed by atoms with Crippen LogP contribution in [-0.4, -0.2) is 15.3 Å². The third-order valence-electron chi connectivity index (χ3n) is 4.28. The maximum atomic E-state index is 12.9. The van der Waals surface area contributed by atoms with Gasteiger partial charge >= 0.3 is 0 Å². The van der Waals surface area contributed by atoms with E-state index >= 15 is 0 Å². The number of halogens is 1. The van der Waals surface area contributed by atoms with Crippen LogP contribution in [0.25, 0.3) is 5.65 Å². The van der Waals surface area contributed by atoms with Crippen LogP contribution in [0, 0.1) is 11.7 Å². The van der Waals surface area contributed by atoms with Gasteiger partial charge in [-0.25, -0.2) is 9.37 Å². The molecule has 2 heterocycles. The van der Waals surface area contributed by atoms with Gasteiger partial charge in [0.25, 0.3) is 0 Å². The van der Waals surface area contributed by atoms with Crippen molar-refractivity contribution in [2.24, 2.45) is 5.92 Å². The van der Waals surface area contributed by atoms with Crippen molar-refractivity contribution in [3.05, 3.63) is 71.9 Å². The number of pyridine rings is 1. The normalized spacial score (nSPS) is 19.7. The Hall–Kier alpha value is -2.69. The van der Waals surface area contributed by atoms with Crippen LogP contribution in [0.4, 0.5) is 4.39 Å². The average Bonchev–Trinajstić information content (AvgIpc) is 3.25. The van der Waals surface area contributed by atoms with Crippen LogP contribution in [0.1, 0.15) is 23.6 Å². The summed E-state index contributed by atoms with van der Waals surface area (Å²) in [6.07, 6.45) is 4.67. The zero-order valence-electron chi connectivity index (χ0n) is 12.4. The van der Waals surface area contributed by atoms with Crippen LogP contribution >= 0.6 is 0 Å². The Balaban J connectivity index is 1.36. The van der Waals surface area contributed by atoms with Gasteiger partial charge in [-0.2, -0.15) is 0 Å². The molecule has 116 valence electrons. The lowest BCUT2D eigenvalue weighted by molar-refractivity contribution is -0.122. The van der Waals surface area contributed by atoms with Crippen molar-refractivity contribution in [3.8, 4) is 0 Å². The van der Waals surface area contributed by atoms with Crippen molar-refractivity contribution < 1.29 is 9.18 Å². The first-order valence-corrected chi connectivity index (χ1v) is 7.66. The molecule has 0 saturated heterocycles. The van der Waals surface area contributed by atoms with Gasteiger partial charge in [0.15, 0.2) is 0 Å². The van der Waals surface area contributed by atoms with Gasteiger partial charge in [0.2, 0.25) is 5.91 Å². The summed E-state index contributed by atoms with van der Waals surface area (Å²) in [6, 6.07) is 12.2. The second-order valence-corrected chi connectivity index (χ2v) is 5.92. The van der Waals surface area contributed by atoms with Crippen LogP contribution in [-0.2, 0) is 11.3 Å². The molecule has 4 nitrogen and oxygen atoms in total. The zero-order valence-corrected chi connectivity index (χ0v) is 12.4. The molecule has 1 N–H and O–H groups in total. The SMILES string of the molecule is O=C(NCc1cn2ccccc2n1)C1CC1c1ccc(F)cc1. The Morgan fingerprint density at radius 3 is 2.87 bits per heavy atom. The lowest BCUT2D eigenvalue weighted by atomic mass is 10.1. The lowest BCUT2D eigenvalue weighted by Crippen LogP contribution is -2.25. The third kappa shape index (κ3) is 2.82. The highest BCUT2D eigenvalue weighted by atomic mass is 19.1. The van der Waals surface area contributed by atoms with Crippen LogP contribution in [0.2, 0.25) is 0 Å². The maximum absolute atomic E-state index is 12.9. The summed E-state index contributed by atoms with van der Waals surface area (Å²) >= 11 is 0. The monoisotopic (exact) mass is 309 g/mol. The predicted molar refractivity (Wildman–Crippen MR) is 84.3 cm³/mol. The third-order valence-corrected chi connectivity index (χ3v) is 4.28. The summed E-state index contributed by atoms with van der Waals surface area (Å²) in [5.74, 6) is -0.0206. The number of imidazole rings is 1. The highest BCUT2D eigenvalue weighted by Gasteiger charge is 2.43. The molecule has 1 aliphatic rings. The number of benzene rings is 1. The van der Waals surface area contributed by atoms with Crippen LogP contribution < -0.4 is 5.32 Å². The number of carbonyl (C=O) groups is 1. The molecule has 0 radical (unpaired) electrons. The Morgan fingerprint density at radius 2 is 2.09 bits per heavy atom. The summed E-state index contributed by atoms with van der Waals surface area (Å²) in [4.78, 5) is 16.7. The van der Waals surface area contributed by atoms with E-state index in [1.165, 1.54) is 12.1 Å². The fourth-order valence-corrected chi connectivity index (χ4v) is 2.94. The number of fused-ring (bicyclic) bond motifs is 1. The molecular weight excluding hydrogens is 293 g/mol. The first-order chi connectivity index (χ1) is 11.2. The molecule has 23 heavy (non-hydrogen) atoms. The van der Waals surface area contributed by atoms with E-state index < -0.39 is 0 Å². The number of nitrogens with one attached hydrogen (secondary N) is 1. The Kier molecular flexibility index (Phi) is 3.33. The fraction of sp³-hybridized carbons (Fsp3) is 0.222. The van der Waals surface area contributed by atoms with Crippen molar-refractivity contribution in [2.75, 3.05) is 0 Å². The minimum absolute atomic E-state index is 0.0162. The molecule has 1 fully saturated rings. The van der Waals surface area contributed by atoms with E-state index in [4.69, 9.17) is 0 Å². The molecule has 1 amide bonds. The van der Waals surface area contributed by atoms with Gasteiger partial charge in [0.1, 0.15) is 11.5 Å². The molecule has 5 heteroatoms. The first-order valence-electron chi connectivity index (χ1n) is 7.66. The predicted octanol–water partition coefficient (Wildman–Crippen LogP) is 2.89. The van der Waals surface area contributed by atoms with E-state index in [1.54, 1.807) is 12.1 Å². The summed E-state index contributed by atoms with van der Waals surface area (Å²) in [5, 5.41) is 2.94. The van der Waals surface area contributed by atoms with E-state index in [-0.39, 0.29) is 23.6 Å². The molecule has 0 bridgehead atoms. The van der Waals surface area contributed by atoms with Gasteiger partial charge in [-0.1, -0.05) is 18.2 Å². The van der Waals surface area contributed by atoms with Gasteiger partial charge in [-0.05, 0) is 42.2 Å². The van der Waals surface area contributed by atoms with Crippen molar-refractivity contribution >= 4 is 11.6 Å². The Labute approximate surface area is 133 Å². The molecule has 4 rings (SSSR count). The van der Waals surface area contributed by atoms with Crippen molar-refractivity contribution in [1.29, 1.82) is 0 Å². The fourth-order valence-electron chi connectivity index (χ4n) is 2.94. The van der Waals surface area contributed by atoms with Crippen LogP contribution in [0.3, 0.4) is 0 Å². The van der Waals surface area contributed by atoms with Gasteiger partial charge in [0.05, 0.1) is 12.2 Å². The molecule has 2 unspecified atom stereocenters. The smallest absolute Gasteiger partial charge is 0.224 e. The second-order valence-electron chi connectivity index (χ2n) is 5.92. The number of carbonyl (C=O) groups excluding carboxylic acids is 1. The van der Waals surface area contributed by atoms with E-state index in [1.807, 2.05) is 35.0 Å². The van der Waals surface area contributed by atoms with E-state index in [9.17, 15) is 9.18 Å². The van der Waals surface area contributed by atoms with Gasteiger partial charge < -0.3 is 9.72 Å². The molecule has 2 atom stereocenters. The van der Waals surface area contributed by atoms with Crippen LogP contribution in [0.15, 0.2) is 54.9 Å². The van der Waals surface area contributed by atoms with Gasteiger partial charge in [-0.15, -0.1) is 0 Å². The van der Waals surface area contributed by atoms with Gasteiger partial charge in [-0.3, -0.25) is 4.79 Å². The second kappa shape index (κ2) is 5.50. The summed E-state index contributed by atoms with van der Waals surface area (Å²) in [6.45, 7) is 0.424. The van der Waals surface area contributed by atoms with E-state index in [0.29, 0.717) is 6.54 Å². The van der Waals surface area contributed by atoms with Crippen LogP contribution in [0.5, 0.6) is 0 Å². The number of nitrogens with zero attached hydrogens (tertiary/aromatic N) is 2. The van der Waals surface area contributed by atoms with Gasteiger partial charge in [0, 0.05) is 18.3 Å². The first kappa shape index (κ1) is 13.9. The van der Waals surface area contributed by atoms with E-state index in [0.717, 1.165) is 23.3 Å². The summed E-state index contributed by atoms with van der Waals surface area (Å²) < 4.78 is 14.9. The standard InChI is InChI=1S/C18H16FN3O/c19-13-6-4-12(5-7-13)15-9-16(15)18(23)20-10-14-11-22-8-2-1-3-17(22)21-14/h1-8,11,15-16H,9-10H2,(H,20,23). The molecule has 2 aromatic heterocycles. The molecule has 0 spiro atoms. The quantitative estimate of drug-likeness (QED) is 0.805. The highest BCUT2D eigenvalue weighted by molar-refractivity contribution is 5.82. The van der Waals surface area contributed by atoms with Crippen molar-refractivity contribution in [2.45, 2.75) is 18.9 Å². The van der Waals surface area contributed by atoms with Crippen molar-refractivity contribution in [1.82, 2.24) is 14.7 Å². The lowest BCUT2D eigenvalue weighted by Gasteiger charge is -2.03. The molecule has 0 aliphatic heterocycles. The van der Waals surface area contributed by atoms with Crippen molar-refractivity contribution in [3.63, 3.8) is 0 Å². The Bertz CT molecular complexity index is 823. The number of aromatic nitrogens is 2. The zero-order chi connectivity index (χ0) is 15.8. The molecule has 1 aliphatic carbocycles. The summed E-state index contributed by atoms with van der Waals surface area (Å²) in [7, 11) is 0. The average molecular weight is 309 g/mol. The number of hydrogen-bond acceptors (Lipinski definition) is 2. The molecular formula is C18H16FN3O.